The first kappa shape index (κ1) is 23.3. The maximum atomic E-state index is 12.4. The van der Waals surface area contributed by atoms with Gasteiger partial charge in [-0.05, 0) is 74.0 Å². The van der Waals surface area contributed by atoms with E-state index in [2.05, 4.69) is 9.93 Å². The van der Waals surface area contributed by atoms with Gasteiger partial charge in [0.2, 0.25) is 0 Å². The lowest BCUT2D eigenvalue weighted by Gasteiger charge is -2.11. The van der Waals surface area contributed by atoms with E-state index in [0.29, 0.717) is 28.5 Å². The number of nitrogens with one attached hydrogen (secondary N) is 1. The Hall–Kier alpha value is -3.36. The summed E-state index contributed by atoms with van der Waals surface area (Å²) in [6.45, 7) is 4.00. The SMILES string of the molecule is CCOc1cc(/C=N/NS(=O)(=O)c2ccc(C)cc2)ccc1OC(=O)c1ccc(Cl)cc1. The zero-order valence-electron chi connectivity index (χ0n) is 17.4. The number of hydrogen-bond acceptors (Lipinski definition) is 6. The van der Waals surface area contributed by atoms with Crippen LogP contribution in [0.2, 0.25) is 5.02 Å². The zero-order valence-corrected chi connectivity index (χ0v) is 19.0. The number of rotatable bonds is 8. The summed E-state index contributed by atoms with van der Waals surface area (Å²) in [5, 5.41) is 4.33. The van der Waals surface area contributed by atoms with E-state index >= 15 is 0 Å². The Morgan fingerprint density at radius 2 is 1.72 bits per heavy atom. The highest BCUT2D eigenvalue weighted by atomic mass is 35.5. The van der Waals surface area contributed by atoms with Gasteiger partial charge in [-0.2, -0.15) is 13.5 Å². The molecule has 0 unspecified atom stereocenters. The molecule has 0 aromatic heterocycles. The van der Waals surface area contributed by atoms with E-state index < -0.39 is 16.0 Å². The summed E-state index contributed by atoms with van der Waals surface area (Å²) in [5.41, 5.74) is 1.84. The normalized spacial score (nSPS) is 11.3. The number of sulfonamides is 1. The molecule has 0 atom stereocenters. The first-order valence-corrected chi connectivity index (χ1v) is 11.5. The Labute approximate surface area is 191 Å². The molecule has 0 aliphatic heterocycles. The topological polar surface area (TPSA) is 94.1 Å². The summed E-state index contributed by atoms with van der Waals surface area (Å²) in [6, 6.07) is 17.5. The van der Waals surface area contributed by atoms with Crippen molar-refractivity contribution in [2.45, 2.75) is 18.7 Å². The molecule has 0 spiro atoms. The standard InChI is InChI=1S/C23H21ClN2O5S/c1-3-30-22-14-17(15-25-26-32(28,29)20-11-4-16(2)5-12-20)6-13-21(22)31-23(27)18-7-9-19(24)10-8-18/h4-15,26H,3H2,1-2H3/b25-15+. The molecule has 3 aromatic rings. The van der Waals surface area contributed by atoms with Gasteiger partial charge in [0.15, 0.2) is 11.5 Å². The highest BCUT2D eigenvalue weighted by Gasteiger charge is 2.14. The van der Waals surface area contributed by atoms with Crippen LogP contribution in [0, 0.1) is 6.92 Å². The zero-order chi connectivity index (χ0) is 23.1. The van der Waals surface area contributed by atoms with Crippen LogP contribution in [0.4, 0.5) is 0 Å². The van der Waals surface area contributed by atoms with Crippen LogP contribution in [0.5, 0.6) is 11.5 Å². The summed E-state index contributed by atoms with van der Waals surface area (Å²) in [5.74, 6) is -0.0146. The Bertz CT molecular complexity index is 1220. The van der Waals surface area contributed by atoms with Crippen LogP contribution in [0.3, 0.4) is 0 Å². The fraction of sp³-hybridized carbons (Fsp3) is 0.130. The number of hydrazone groups is 1. The Kier molecular flexibility index (Phi) is 7.50. The molecule has 0 aliphatic rings. The molecule has 0 radical (unpaired) electrons. The van der Waals surface area contributed by atoms with Crippen molar-refractivity contribution in [3.63, 3.8) is 0 Å². The minimum absolute atomic E-state index is 0.111. The monoisotopic (exact) mass is 472 g/mol. The minimum atomic E-state index is -3.78. The molecule has 3 rings (SSSR count). The maximum Gasteiger partial charge on any atom is 0.343 e. The number of ether oxygens (including phenoxy) is 2. The fourth-order valence-electron chi connectivity index (χ4n) is 2.64. The molecule has 166 valence electrons. The van der Waals surface area contributed by atoms with Gasteiger partial charge in [0.1, 0.15) is 0 Å². The molecule has 0 saturated carbocycles. The molecule has 0 fully saturated rings. The van der Waals surface area contributed by atoms with Gasteiger partial charge in [-0.1, -0.05) is 29.3 Å². The van der Waals surface area contributed by atoms with Crippen molar-refractivity contribution >= 4 is 33.8 Å². The number of benzene rings is 3. The smallest absolute Gasteiger partial charge is 0.343 e. The fourth-order valence-corrected chi connectivity index (χ4v) is 3.56. The van der Waals surface area contributed by atoms with Crippen LogP contribution in [-0.2, 0) is 10.0 Å². The van der Waals surface area contributed by atoms with E-state index in [0.717, 1.165) is 5.56 Å². The van der Waals surface area contributed by atoms with E-state index in [1.807, 2.05) is 6.92 Å². The van der Waals surface area contributed by atoms with Crippen molar-refractivity contribution < 1.29 is 22.7 Å². The Balaban J connectivity index is 1.74. The average Bonchev–Trinajstić information content (AvgIpc) is 2.76. The molecule has 3 aromatic carbocycles. The van der Waals surface area contributed by atoms with Crippen molar-refractivity contribution in [2.75, 3.05) is 6.61 Å². The second kappa shape index (κ2) is 10.3. The second-order valence-electron chi connectivity index (χ2n) is 6.70. The number of nitrogens with zero attached hydrogens (tertiary/aromatic N) is 1. The molecular weight excluding hydrogens is 452 g/mol. The molecule has 0 aliphatic carbocycles. The van der Waals surface area contributed by atoms with E-state index in [4.69, 9.17) is 21.1 Å². The number of esters is 1. The van der Waals surface area contributed by atoms with Crippen LogP contribution < -0.4 is 14.3 Å². The number of hydrogen-bond donors (Lipinski definition) is 1. The summed E-state index contributed by atoms with van der Waals surface area (Å²) in [6.07, 6.45) is 1.33. The van der Waals surface area contributed by atoms with Gasteiger partial charge in [-0.15, -0.1) is 0 Å². The third kappa shape index (κ3) is 6.09. The maximum absolute atomic E-state index is 12.4. The van der Waals surface area contributed by atoms with E-state index in [1.54, 1.807) is 61.5 Å². The predicted molar refractivity (Wildman–Crippen MR) is 123 cm³/mol. The second-order valence-corrected chi connectivity index (χ2v) is 8.80. The quantitative estimate of drug-likeness (QED) is 0.224. The molecule has 32 heavy (non-hydrogen) atoms. The summed E-state index contributed by atoms with van der Waals surface area (Å²) >= 11 is 5.84. The third-order valence-corrected chi connectivity index (χ3v) is 5.76. The number of carbonyl (C=O) groups excluding carboxylic acids is 1. The van der Waals surface area contributed by atoms with Crippen LogP contribution in [0.1, 0.15) is 28.4 Å². The third-order valence-electron chi connectivity index (χ3n) is 4.27. The van der Waals surface area contributed by atoms with Crippen molar-refractivity contribution in [3.8, 4) is 11.5 Å². The van der Waals surface area contributed by atoms with Crippen LogP contribution >= 0.6 is 11.6 Å². The van der Waals surface area contributed by atoms with Gasteiger partial charge >= 0.3 is 5.97 Å². The number of carbonyl (C=O) groups is 1. The largest absolute Gasteiger partial charge is 0.490 e. The number of aryl methyl sites for hydroxylation is 1. The van der Waals surface area contributed by atoms with Crippen molar-refractivity contribution in [1.29, 1.82) is 0 Å². The molecule has 0 saturated heterocycles. The lowest BCUT2D eigenvalue weighted by molar-refractivity contribution is 0.0728. The minimum Gasteiger partial charge on any atom is -0.490 e. The van der Waals surface area contributed by atoms with E-state index in [-0.39, 0.29) is 10.6 Å². The van der Waals surface area contributed by atoms with Gasteiger partial charge in [0.05, 0.1) is 23.3 Å². The van der Waals surface area contributed by atoms with Crippen molar-refractivity contribution in [1.82, 2.24) is 4.83 Å². The van der Waals surface area contributed by atoms with Gasteiger partial charge in [-0.25, -0.2) is 9.63 Å². The molecule has 7 nitrogen and oxygen atoms in total. The highest BCUT2D eigenvalue weighted by molar-refractivity contribution is 7.89. The van der Waals surface area contributed by atoms with Gasteiger partial charge in [-0.3, -0.25) is 0 Å². The van der Waals surface area contributed by atoms with Crippen molar-refractivity contribution in [2.24, 2.45) is 5.10 Å². The average molecular weight is 473 g/mol. The highest BCUT2D eigenvalue weighted by Crippen LogP contribution is 2.29. The molecular formula is C23H21ClN2O5S. The molecule has 9 heteroatoms. The van der Waals surface area contributed by atoms with Gasteiger partial charge in [0, 0.05) is 5.02 Å². The lowest BCUT2D eigenvalue weighted by atomic mass is 10.2. The predicted octanol–water partition coefficient (Wildman–Crippen LogP) is 4.58. The Morgan fingerprint density at radius 1 is 1.03 bits per heavy atom. The van der Waals surface area contributed by atoms with Crippen LogP contribution in [0.15, 0.2) is 76.7 Å². The summed E-state index contributed by atoms with van der Waals surface area (Å²) in [7, 11) is -3.78. The summed E-state index contributed by atoms with van der Waals surface area (Å²) < 4.78 is 35.6. The number of halogens is 1. The van der Waals surface area contributed by atoms with Gasteiger partial charge in [0.25, 0.3) is 10.0 Å². The first-order valence-electron chi connectivity index (χ1n) is 9.64. The van der Waals surface area contributed by atoms with Gasteiger partial charge < -0.3 is 9.47 Å². The van der Waals surface area contributed by atoms with Crippen LogP contribution in [-0.4, -0.2) is 27.2 Å². The van der Waals surface area contributed by atoms with E-state index in [9.17, 15) is 13.2 Å². The summed E-state index contributed by atoms with van der Waals surface area (Å²) in [4.78, 5) is 14.7. The molecule has 1 N–H and O–H groups in total. The van der Waals surface area contributed by atoms with Crippen molar-refractivity contribution in [3.05, 3.63) is 88.4 Å². The van der Waals surface area contributed by atoms with Crippen LogP contribution in [0.25, 0.3) is 0 Å². The molecule has 0 heterocycles. The van der Waals surface area contributed by atoms with E-state index in [1.165, 1.54) is 18.3 Å². The molecule has 0 bridgehead atoms. The first-order chi connectivity index (χ1) is 15.3. The lowest BCUT2D eigenvalue weighted by Crippen LogP contribution is -2.18. The molecule has 0 amide bonds. The Morgan fingerprint density at radius 3 is 2.38 bits per heavy atom.